The van der Waals surface area contributed by atoms with Crippen molar-refractivity contribution in [2.24, 2.45) is 0 Å². The first-order valence-electron chi connectivity index (χ1n) is 17.1. The molecule has 3 nitrogen and oxygen atoms in total. The number of carbonyl (C=O) groups is 1. The molecule has 48 heavy (non-hydrogen) atoms. The van der Waals surface area contributed by atoms with Gasteiger partial charge in [0.2, 0.25) is 0 Å². The molecule has 0 aromatic heterocycles. The maximum atomic E-state index is 15.3. The van der Waals surface area contributed by atoms with Crippen molar-refractivity contribution in [2.45, 2.75) is 91.0 Å². The Morgan fingerprint density at radius 2 is 0.771 bits per heavy atom. The van der Waals surface area contributed by atoms with Crippen molar-refractivity contribution in [3.05, 3.63) is 143 Å². The quantitative estimate of drug-likeness (QED) is 0.157. The molecule has 0 radical (unpaired) electrons. The van der Waals surface area contributed by atoms with E-state index in [1.165, 1.54) is 0 Å². The molecule has 1 aliphatic carbocycles. The number of ketones is 1. The number of hydrogen-bond donors (Lipinski definition) is 0. The van der Waals surface area contributed by atoms with Gasteiger partial charge in [0.25, 0.3) is 0 Å². The molecule has 1 aliphatic rings. The fraction of sp³-hybridized carbons (Fsp3) is 0.326. The fourth-order valence-electron chi connectivity index (χ4n) is 5.63. The smallest absolute Gasteiger partial charge is 0.195 e. The van der Waals surface area contributed by atoms with E-state index in [1.807, 2.05) is 24.3 Å². The van der Waals surface area contributed by atoms with E-state index in [2.05, 4.69) is 153 Å². The molecule has 0 spiro atoms. The lowest BCUT2D eigenvalue weighted by molar-refractivity contribution is -0.108. The molecule has 250 valence electrons. The van der Waals surface area contributed by atoms with E-state index < -0.39 is 16.6 Å². The number of benzene rings is 4. The highest BCUT2D eigenvalue weighted by molar-refractivity contribution is 6.74. The second-order valence-electron chi connectivity index (χ2n) is 16.0. The minimum absolute atomic E-state index is 0.0345. The highest BCUT2D eigenvalue weighted by Gasteiger charge is 2.40. The summed E-state index contributed by atoms with van der Waals surface area (Å²) in [6.45, 7) is 23.6. The zero-order valence-corrected chi connectivity index (χ0v) is 32.5. The molecular weight excluding hydrogens is 621 g/mol. The summed E-state index contributed by atoms with van der Waals surface area (Å²) in [5.41, 5.74) is 9.33. The third-order valence-corrected chi connectivity index (χ3v) is 19.6. The second-order valence-corrected chi connectivity index (χ2v) is 25.6. The summed E-state index contributed by atoms with van der Waals surface area (Å²) >= 11 is 0. The molecule has 4 aromatic rings. The lowest BCUT2D eigenvalue weighted by Gasteiger charge is -2.36. The van der Waals surface area contributed by atoms with Crippen molar-refractivity contribution in [3.63, 3.8) is 0 Å². The Balaban J connectivity index is 1.74. The van der Waals surface area contributed by atoms with Crippen molar-refractivity contribution >= 4 is 44.7 Å². The molecule has 0 bridgehead atoms. The van der Waals surface area contributed by atoms with E-state index in [4.69, 9.17) is 8.85 Å². The first-order chi connectivity index (χ1) is 22.5. The fourth-order valence-corrected chi connectivity index (χ4v) is 7.53. The Morgan fingerprint density at radius 3 is 1.10 bits per heavy atom. The maximum absolute atomic E-state index is 15.3. The second kappa shape index (κ2) is 13.7. The van der Waals surface area contributed by atoms with Crippen molar-refractivity contribution in [2.75, 3.05) is 0 Å². The average molecular weight is 673 g/mol. The number of rotatable bonds is 10. The first-order valence-corrected chi connectivity index (χ1v) is 22.9. The molecule has 0 saturated carbocycles. The Kier molecular flexibility index (Phi) is 10.2. The van der Waals surface area contributed by atoms with Crippen molar-refractivity contribution in [1.82, 2.24) is 0 Å². The predicted octanol–water partition coefficient (Wildman–Crippen LogP) is 11.8. The van der Waals surface area contributed by atoms with Gasteiger partial charge < -0.3 is 8.85 Å². The summed E-state index contributed by atoms with van der Waals surface area (Å²) in [5, 5.41) is 0.149. The summed E-state index contributed by atoms with van der Waals surface area (Å²) in [6, 6.07) is 37.4. The van der Waals surface area contributed by atoms with Crippen LogP contribution in [0, 0.1) is 0 Å². The van der Waals surface area contributed by atoms with Crippen LogP contribution in [-0.4, -0.2) is 22.4 Å². The monoisotopic (exact) mass is 672 g/mol. The molecule has 0 atom stereocenters. The third-order valence-electron chi connectivity index (χ3n) is 10.7. The van der Waals surface area contributed by atoms with Crippen molar-refractivity contribution in [1.29, 1.82) is 0 Å². The summed E-state index contributed by atoms with van der Waals surface area (Å²) in [5.74, 6) is 0.0345. The van der Waals surface area contributed by atoms with E-state index >= 15 is 4.79 Å². The van der Waals surface area contributed by atoms with Gasteiger partial charge in [0.1, 0.15) is 0 Å². The highest BCUT2D eigenvalue weighted by Crippen LogP contribution is 2.51. The van der Waals surface area contributed by atoms with E-state index in [0.717, 1.165) is 55.7 Å². The van der Waals surface area contributed by atoms with Gasteiger partial charge in [-0.25, -0.2) is 0 Å². The molecule has 0 saturated heterocycles. The molecule has 5 heteroatoms. The minimum atomic E-state index is -2.05. The predicted molar refractivity (Wildman–Crippen MR) is 208 cm³/mol. The maximum Gasteiger partial charge on any atom is 0.195 e. The standard InChI is InChI=1S/C43H52O3Si2/c1-42(2,3)47(7,8)45-29-33-25-17-19-27-35(33)39-37(31-21-13-11-14-22-31)38(32-23-15-12-16-24-32)40(41(39)44)36-28-20-18-26-34(36)30-46-48(9,10)43(4,5)6/h11-28H,29-30H2,1-10H3. The van der Waals surface area contributed by atoms with Gasteiger partial charge in [-0.3, -0.25) is 4.79 Å². The van der Waals surface area contributed by atoms with Gasteiger partial charge in [-0.05, 0) is 69.6 Å². The summed E-state index contributed by atoms with van der Waals surface area (Å²) in [4.78, 5) is 15.3. The Labute approximate surface area is 291 Å². The molecule has 0 N–H and O–H groups in total. The van der Waals surface area contributed by atoms with E-state index in [0.29, 0.717) is 13.2 Å². The van der Waals surface area contributed by atoms with Crippen LogP contribution in [-0.2, 0) is 26.9 Å². The Morgan fingerprint density at radius 1 is 0.458 bits per heavy atom. The van der Waals surface area contributed by atoms with Gasteiger partial charge in [0.15, 0.2) is 22.4 Å². The molecular formula is C43H52O3Si2. The molecule has 0 unspecified atom stereocenters. The summed E-state index contributed by atoms with van der Waals surface area (Å²) in [6.07, 6.45) is 0. The SMILES string of the molecule is CC(C)(C)[Si](C)(C)OCc1ccccc1C1=C(c2ccccc2)C(c2ccccc2)=C(c2ccccc2CO[Si](C)(C)C(C)(C)C)C1=O. The highest BCUT2D eigenvalue weighted by atomic mass is 28.4. The third kappa shape index (κ3) is 7.20. The van der Waals surface area contributed by atoms with Crippen LogP contribution in [0.25, 0.3) is 22.3 Å². The van der Waals surface area contributed by atoms with E-state index in [-0.39, 0.29) is 15.9 Å². The van der Waals surface area contributed by atoms with Crippen LogP contribution < -0.4 is 0 Å². The molecule has 0 amide bonds. The lowest BCUT2D eigenvalue weighted by Crippen LogP contribution is -2.40. The number of Topliss-reactive ketones (excluding diaryl/α,β-unsaturated/α-hetero) is 1. The first kappa shape index (κ1) is 35.7. The van der Waals surface area contributed by atoms with Gasteiger partial charge in [0, 0.05) is 22.3 Å². The molecule has 0 aliphatic heterocycles. The van der Waals surface area contributed by atoms with Crippen molar-refractivity contribution in [3.8, 4) is 0 Å². The van der Waals surface area contributed by atoms with Gasteiger partial charge >= 0.3 is 0 Å². The van der Waals surface area contributed by atoms with Gasteiger partial charge in [0.05, 0.1) is 13.2 Å². The topological polar surface area (TPSA) is 35.5 Å². The minimum Gasteiger partial charge on any atom is -0.413 e. The average Bonchev–Trinajstić information content (AvgIpc) is 3.35. The molecule has 5 rings (SSSR count). The molecule has 0 heterocycles. The zero-order chi connectivity index (χ0) is 34.9. The Hall–Kier alpha value is -3.62. The van der Waals surface area contributed by atoms with Crippen LogP contribution in [0.5, 0.6) is 0 Å². The van der Waals surface area contributed by atoms with E-state index in [9.17, 15) is 0 Å². The van der Waals surface area contributed by atoms with Crippen molar-refractivity contribution < 1.29 is 13.6 Å². The lowest BCUT2D eigenvalue weighted by atomic mass is 9.88. The number of carbonyl (C=O) groups excluding carboxylic acids is 1. The summed E-state index contributed by atoms with van der Waals surface area (Å²) < 4.78 is 13.5. The van der Waals surface area contributed by atoms with Crippen LogP contribution >= 0.6 is 0 Å². The van der Waals surface area contributed by atoms with Gasteiger partial charge in [-0.15, -0.1) is 0 Å². The summed E-state index contributed by atoms with van der Waals surface area (Å²) in [7, 11) is -4.10. The largest absolute Gasteiger partial charge is 0.413 e. The molecule has 0 fully saturated rings. The van der Waals surface area contributed by atoms with Crippen LogP contribution in [0.3, 0.4) is 0 Å². The number of hydrogen-bond acceptors (Lipinski definition) is 3. The van der Waals surface area contributed by atoms with Crippen LogP contribution in [0.4, 0.5) is 0 Å². The normalized spacial score (nSPS) is 14.7. The molecule has 4 aromatic carbocycles. The number of allylic oxidation sites excluding steroid dienone is 4. The van der Waals surface area contributed by atoms with Gasteiger partial charge in [-0.2, -0.15) is 0 Å². The van der Waals surface area contributed by atoms with Crippen LogP contribution in [0.1, 0.15) is 74.9 Å². The van der Waals surface area contributed by atoms with Crippen LogP contribution in [0.2, 0.25) is 36.3 Å². The van der Waals surface area contributed by atoms with E-state index in [1.54, 1.807) is 0 Å². The Bertz CT molecular complexity index is 1700. The zero-order valence-electron chi connectivity index (χ0n) is 30.5. The van der Waals surface area contributed by atoms with Gasteiger partial charge in [-0.1, -0.05) is 151 Å². The van der Waals surface area contributed by atoms with Crippen LogP contribution in [0.15, 0.2) is 109 Å².